The highest BCUT2D eigenvalue weighted by Crippen LogP contribution is 2.54. The zero-order valence-corrected chi connectivity index (χ0v) is 12.9. The smallest absolute Gasteiger partial charge is 0.309 e. The molecule has 3 saturated carbocycles. The van der Waals surface area contributed by atoms with E-state index in [1.807, 2.05) is 0 Å². The average molecular weight is 278 g/mol. The molecule has 0 amide bonds. The lowest BCUT2D eigenvalue weighted by Crippen LogP contribution is -2.38. The predicted molar refractivity (Wildman–Crippen MR) is 80.5 cm³/mol. The summed E-state index contributed by atoms with van der Waals surface area (Å²) in [5, 5.41) is 9.84. The van der Waals surface area contributed by atoms with Crippen LogP contribution in [0, 0.1) is 29.1 Å². The molecule has 0 aromatic rings. The molecule has 0 aliphatic heterocycles. The van der Waals surface area contributed by atoms with E-state index in [1.165, 1.54) is 38.5 Å². The van der Waals surface area contributed by atoms with Gasteiger partial charge in [0, 0.05) is 0 Å². The summed E-state index contributed by atoms with van der Waals surface area (Å²) >= 11 is 0. The van der Waals surface area contributed by atoms with E-state index in [0.29, 0.717) is 0 Å². The van der Waals surface area contributed by atoms with Crippen molar-refractivity contribution in [3.05, 3.63) is 0 Å². The Morgan fingerprint density at radius 1 is 1.15 bits per heavy atom. The largest absolute Gasteiger partial charge is 0.481 e. The minimum Gasteiger partial charge on any atom is -0.481 e. The molecule has 2 bridgehead atoms. The van der Waals surface area contributed by atoms with Crippen molar-refractivity contribution >= 4 is 5.97 Å². The highest BCUT2D eigenvalue weighted by Gasteiger charge is 2.48. The van der Waals surface area contributed by atoms with Crippen molar-refractivity contribution in [1.82, 2.24) is 0 Å². The number of fused-ring (bicyclic) bond motifs is 2. The van der Waals surface area contributed by atoms with Crippen molar-refractivity contribution in [2.24, 2.45) is 29.1 Å². The van der Waals surface area contributed by atoms with Gasteiger partial charge >= 0.3 is 5.97 Å². The molecule has 114 valence electrons. The van der Waals surface area contributed by atoms with E-state index in [2.05, 4.69) is 6.92 Å². The second kappa shape index (κ2) is 5.69. The van der Waals surface area contributed by atoms with Gasteiger partial charge in [-0.2, -0.15) is 0 Å². The Kier molecular flexibility index (Phi) is 4.10. The second-order valence-corrected chi connectivity index (χ2v) is 7.96. The molecule has 0 heterocycles. The van der Waals surface area contributed by atoms with E-state index in [-0.39, 0.29) is 5.41 Å². The van der Waals surface area contributed by atoms with Gasteiger partial charge in [0.1, 0.15) is 0 Å². The number of aliphatic carboxylic acids is 1. The summed E-state index contributed by atoms with van der Waals surface area (Å²) < 4.78 is 0. The number of rotatable bonds is 5. The standard InChI is InChI=1S/C18H30O2/c1-2-3-13-6-8-18(9-7-13,17(19)20)12-16-11-14-4-5-15(16)10-14/h13-16H,2-12H2,1H3,(H,19,20). The minimum atomic E-state index is -0.491. The Labute approximate surface area is 123 Å². The van der Waals surface area contributed by atoms with Gasteiger partial charge in [0.15, 0.2) is 0 Å². The van der Waals surface area contributed by atoms with Gasteiger partial charge in [-0.25, -0.2) is 0 Å². The van der Waals surface area contributed by atoms with E-state index in [9.17, 15) is 9.90 Å². The Balaban J connectivity index is 1.62. The molecule has 1 N–H and O–H groups in total. The normalized spacial score (nSPS) is 43.9. The fourth-order valence-corrected chi connectivity index (χ4v) is 5.56. The molecule has 3 atom stereocenters. The van der Waals surface area contributed by atoms with Crippen LogP contribution < -0.4 is 0 Å². The van der Waals surface area contributed by atoms with E-state index >= 15 is 0 Å². The maximum Gasteiger partial charge on any atom is 0.309 e. The SMILES string of the molecule is CCCC1CCC(CC2CC3CCC2C3)(C(=O)O)CC1. The molecule has 3 rings (SSSR count). The highest BCUT2D eigenvalue weighted by atomic mass is 16.4. The summed E-state index contributed by atoms with van der Waals surface area (Å²) in [4.78, 5) is 11.9. The summed E-state index contributed by atoms with van der Waals surface area (Å²) in [5.74, 6) is 2.84. The van der Waals surface area contributed by atoms with Gasteiger partial charge in [0.2, 0.25) is 0 Å². The van der Waals surface area contributed by atoms with Gasteiger partial charge < -0.3 is 5.11 Å². The molecular weight excluding hydrogens is 248 g/mol. The number of carboxylic acid groups (broad SMARTS) is 1. The zero-order chi connectivity index (χ0) is 14.2. The van der Waals surface area contributed by atoms with E-state index in [0.717, 1.165) is 55.8 Å². The molecule has 2 heteroatoms. The lowest BCUT2D eigenvalue weighted by atomic mass is 9.64. The summed E-state index contributed by atoms with van der Waals surface area (Å²) in [6.07, 6.45) is 13.3. The predicted octanol–water partition coefficient (Wildman–Crippen LogP) is 4.87. The van der Waals surface area contributed by atoms with Crippen LogP contribution in [0.2, 0.25) is 0 Å². The molecule has 2 nitrogen and oxygen atoms in total. The monoisotopic (exact) mass is 278 g/mol. The summed E-state index contributed by atoms with van der Waals surface area (Å²) in [5.41, 5.74) is -0.362. The van der Waals surface area contributed by atoms with Crippen LogP contribution >= 0.6 is 0 Å². The van der Waals surface area contributed by atoms with Crippen LogP contribution in [0.5, 0.6) is 0 Å². The van der Waals surface area contributed by atoms with Gasteiger partial charge in [0.25, 0.3) is 0 Å². The lowest BCUT2D eigenvalue weighted by Gasteiger charge is -2.40. The van der Waals surface area contributed by atoms with Crippen LogP contribution in [-0.2, 0) is 4.79 Å². The molecule has 0 aromatic carbocycles. The molecular formula is C18H30O2. The van der Waals surface area contributed by atoms with Gasteiger partial charge in [0.05, 0.1) is 5.41 Å². The fraction of sp³-hybridized carbons (Fsp3) is 0.944. The third-order valence-corrected chi connectivity index (χ3v) is 6.75. The van der Waals surface area contributed by atoms with Crippen molar-refractivity contribution in [3.8, 4) is 0 Å². The van der Waals surface area contributed by atoms with Crippen LogP contribution in [0.1, 0.15) is 77.6 Å². The van der Waals surface area contributed by atoms with Crippen molar-refractivity contribution in [3.63, 3.8) is 0 Å². The first-order chi connectivity index (χ1) is 9.63. The van der Waals surface area contributed by atoms with Crippen LogP contribution in [0.15, 0.2) is 0 Å². The van der Waals surface area contributed by atoms with E-state index < -0.39 is 5.97 Å². The molecule has 0 saturated heterocycles. The van der Waals surface area contributed by atoms with Crippen LogP contribution in [0.4, 0.5) is 0 Å². The molecule has 3 aliphatic rings. The summed E-state index contributed by atoms with van der Waals surface area (Å²) in [6, 6.07) is 0. The Morgan fingerprint density at radius 3 is 2.40 bits per heavy atom. The van der Waals surface area contributed by atoms with E-state index in [1.54, 1.807) is 0 Å². The van der Waals surface area contributed by atoms with Gasteiger partial charge in [-0.05, 0) is 75.0 Å². The minimum absolute atomic E-state index is 0.362. The van der Waals surface area contributed by atoms with Crippen molar-refractivity contribution in [1.29, 1.82) is 0 Å². The first-order valence-corrected chi connectivity index (χ1v) is 8.86. The molecule has 20 heavy (non-hydrogen) atoms. The Morgan fingerprint density at radius 2 is 1.90 bits per heavy atom. The van der Waals surface area contributed by atoms with Gasteiger partial charge in [-0.3, -0.25) is 4.79 Å². The molecule has 3 aliphatic carbocycles. The quantitative estimate of drug-likeness (QED) is 0.778. The van der Waals surface area contributed by atoms with Crippen molar-refractivity contribution in [2.45, 2.75) is 77.6 Å². The molecule has 0 aromatic heterocycles. The zero-order valence-electron chi connectivity index (χ0n) is 12.9. The topological polar surface area (TPSA) is 37.3 Å². The van der Waals surface area contributed by atoms with Crippen molar-refractivity contribution < 1.29 is 9.90 Å². The third kappa shape index (κ3) is 2.63. The van der Waals surface area contributed by atoms with Gasteiger partial charge in [-0.1, -0.05) is 26.2 Å². The van der Waals surface area contributed by atoms with Crippen molar-refractivity contribution in [2.75, 3.05) is 0 Å². The Bertz CT molecular complexity index is 354. The summed E-state index contributed by atoms with van der Waals surface area (Å²) in [7, 11) is 0. The fourth-order valence-electron chi connectivity index (χ4n) is 5.56. The number of carboxylic acids is 1. The van der Waals surface area contributed by atoms with Crippen LogP contribution in [0.3, 0.4) is 0 Å². The first kappa shape index (κ1) is 14.4. The lowest BCUT2D eigenvalue weighted by molar-refractivity contribution is -0.153. The number of hydrogen-bond acceptors (Lipinski definition) is 1. The van der Waals surface area contributed by atoms with Crippen LogP contribution in [0.25, 0.3) is 0 Å². The molecule has 3 fully saturated rings. The molecule has 0 spiro atoms. The molecule has 3 unspecified atom stereocenters. The Hall–Kier alpha value is -0.530. The first-order valence-electron chi connectivity index (χ1n) is 8.86. The molecule has 0 radical (unpaired) electrons. The second-order valence-electron chi connectivity index (χ2n) is 7.96. The average Bonchev–Trinajstić information content (AvgIpc) is 3.03. The number of carbonyl (C=O) groups is 1. The highest BCUT2D eigenvalue weighted by molar-refractivity contribution is 5.74. The number of hydrogen-bond donors (Lipinski definition) is 1. The van der Waals surface area contributed by atoms with E-state index in [4.69, 9.17) is 0 Å². The van der Waals surface area contributed by atoms with Crippen LogP contribution in [-0.4, -0.2) is 11.1 Å². The third-order valence-electron chi connectivity index (χ3n) is 6.75. The summed E-state index contributed by atoms with van der Waals surface area (Å²) in [6.45, 7) is 2.24. The maximum atomic E-state index is 11.9. The van der Waals surface area contributed by atoms with Gasteiger partial charge in [-0.15, -0.1) is 0 Å². The maximum absolute atomic E-state index is 11.9.